The summed E-state index contributed by atoms with van der Waals surface area (Å²) in [5.41, 5.74) is 4.47. The first kappa shape index (κ1) is 19.0. The molecule has 0 N–H and O–H groups in total. The number of nitrogens with zero attached hydrogens (tertiary/aromatic N) is 3. The van der Waals surface area contributed by atoms with E-state index in [0.717, 1.165) is 29.4 Å². The highest BCUT2D eigenvalue weighted by atomic mass is 17.2. The minimum Gasteiger partial charge on any atom is -0.376 e. The van der Waals surface area contributed by atoms with E-state index in [1.807, 2.05) is 30.6 Å². The van der Waals surface area contributed by atoms with Crippen LogP contribution in [0.25, 0.3) is 32.9 Å². The maximum absolute atomic E-state index is 5.75. The third kappa shape index (κ3) is 3.76. The molecule has 3 aromatic heterocycles. The standard InChI is InChI=1S/C24H25N3O3/c1-27-22-10-11-25-16-21(22)20-8-6-17(14-23(20)27)18-7-9-24(26-15-18)30-29-13-12-28-19-4-2-3-5-19/h6-11,14-16,19H,2-5,12-13H2,1H3. The number of rotatable bonds is 7. The second-order valence-corrected chi connectivity index (χ2v) is 7.75. The number of hydrogen-bond donors (Lipinski definition) is 0. The van der Waals surface area contributed by atoms with E-state index in [1.165, 1.54) is 29.3 Å². The molecule has 0 amide bonds. The van der Waals surface area contributed by atoms with Crippen LogP contribution < -0.4 is 4.89 Å². The summed E-state index contributed by atoms with van der Waals surface area (Å²) < 4.78 is 7.95. The molecule has 5 rings (SSSR count). The van der Waals surface area contributed by atoms with Crippen molar-refractivity contribution in [2.24, 2.45) is 7.05 Å². The van der Waals surface area contributed by atoms with Crippen LogP contribution in [0.1, 0.15) is 25.7 Å². The van der Waals surface area contributed by atoms with Crippen molar-refractivity contribution < 1.29 is 14.5 Å². The van der Waals surface area contributed by atoms with Gasteiger partial charge in [0.2, 0.25) is 0 Å². The first-order valence-corrected chi connectivity index (χ1v) is 10.5. The van der Waals surface area contributed by atoms with Crippen LogP contribution in [0.5, 0.6) is 5.88 Å². The number of benzene rings is 1. The zero-order valence-electron chi connectivity index (χ0n) is 17.1. The Balaban J connectivity index is 1.24. The lowest BCUT2D eigenvalue weighted by atomic mass is 10.1. The minimum atomic E-state index is 0.390. The van der Waals surface area contributed by atoms with E-state index in [1.54, 1.807) is 6.20 Å². The SMILES string of the molecule is Cn1c2ccncc2c2ccc(-c3ccc(OOCCOC4CCCC4)nc3)cc21. The van der Waals surface area contributed by atoms with Crippen molar-refractivity contribution in [1.82, 2.24) is 14.5 Å². The number of pyridine rings is 2. The fourth-order valence-electron chi connectivity index (χ4n) is 4.24. The smallest absolute Gasteiger partial charge is 0.256 e. The van der Waals surface area contributed by atoms with E-state index < -0.39 is 0 Å². The molecule has 0 bridgehead atoms. The Morgan fingerprint density at radius 2 is 1.80 bits per heavy atom. The Labute approximate surface area is 175 Å². The van der Waals surface area contributed by atoms with Crippen molar-refractivity contribution in [3.63, 3.8) is 0 Å². The largest absolute Gasteiger partial charge is 0.376 e. The molecule has 154 valence electrons. The average Bonchev–Trinajstić information content (AvgIpc) is 3.41. The van der Waals surface area contributed by atoms with Crippen LogP contribution in [-0.4, -0.2) is 33.9 Å². The van der Waals surface area contributed by atoms with E-state index in [-0.39, 0.29) is 0 Å². The summed E-state index contributed by atoms with van der Waals surface area (Å²) in [7, 11) is 2.08. The Bertz CT molecular complexity index is 1150. The van der Waals surface area contributed by atoms with Crippen LogP contribution >= 0.6 is 0 Å². The van der Waals surface area contributed by atoms with Crippen LogP contribution in [0.2, 0.25) is 0 Å². The highest BCUT2D eigenvalue weighted by Gasteiger charge is 2.15. The highest BCUT2D eigenvalue weighted by molar-refractivity contribution is 6.08. The summed E-state index contributed by atoms with van der Waals surface area (Å²) in [6, 6.07) is 12.3. The Hall–Kier alpha value is -2.96. The van der Waals surface area contributed by atoms with Crippen LogP contribution in [0.15, 0.2) is 55.0 Å². The van der Waals surface area contributed by atoms with Crippen LogP contribution in [0.4, 0.5) is 0 Å². The minimum absolute atomic E-state index is 0.390. The monoisotopic (exact) mass is 403 g/mol. The van der Waals surface area contributed by atoms with Gasteiger partial charge in [-0.25, -0.2) is 4.98 Å². The van der Waals surface area contributed by atoms with E-state index in [0.29, 0.717) is 25.2 Å². The van der Waals surface area contributed by atoms with Gasteiger partial charge in [-0.2, -0.15) is 4.89 Å². The second-order valence-electron chi connectivity index (χ2n) is 7.75. The fraction of sp³-hybridized carbons (Fsp3) is 0.333. The lowest BCUT2D eigenvalue weighted by Gasteiger charge is -2.10. The maximum Gasteiger partial charge on any atom is 0.256 e. The van der Waals surface area contributed by atoms with Crippen LogP contribution in [0, 0.1) is 0 Å². The van der Waals surface area contributed by atoms with Gasteiger partial charge in [-0.15, -0.1) is 0 Å². The predicted molar refractivity (Wildman–Crippen MR) is 116 cm³/mol. The van der Waals surface area contributed by atoms with Crippen molar-refractivity contribution in [2.45, 2.75) is 31.8 Å². The molecule has 6 heteroatoms. The zero-order chi connectivity index (χ0) is 20.3. The molecule has 1 aliphatic carbocycles. The van der Waals surface area contributed by atoms with Gasteiger partial charge in [0.25, 0.3) is 5.88 Å². The third-order valence-corrected chi connectivity index (χ3v) is 5.85. The van der Waals surface area contributed by atoms with Crippen molar-refractivity contribution in [3.8, 4) is 17.0 Å². The fourth-order valence-corrected chi connectivity index (χ4v) is 4.24. The van der Waals surface area contributed by atoms with Gasteiger partial charge in [0.15, 0.2) is 0 Å². The van der Waals surface area contributed by atoms with Crippen LogP contribution in [0.3, 0.4) is 0 Å². The quantitative estimate of drug-likeness (QED) is 0.245. The molecule has 6 nitrogen and oxygen atoms in total. The molecule has 1 fully saturated rings. The molecule has 0 atom stereocenters. The summed E-state index contributed by atoms with van der Waals surface area (Å²) in [6.07, 6.45) is 10.8. The van der Waals surface area contributed by atoms with Gasteiger partial charge in [0, 0.05) is 53.6 Å². The zero-order valence-corrected chi connectivity index (χ0v) is 17.1. The second kappa shape index (κ2) is 8.42. The van der Waals surface area contributed by atoms with E-state index >= 15 is 0 Å². The summed E-state index contributed by atoms with van der Waals surface area (Å²) in [4.78, 5) is 19.2. The first-order valence-electron chi connectivity index (χ1n) is 10.5. The van der Waals surface area contributed by atoms with Gasteiger partial charge in [0.05, 0.1) is 18.2 Å². The molecule has 0 saturated heterocycles. The summed E-state index contributed by atoms with van der Waals surface area (Å²) in [5.74, 6) is 0.441. The van der Waals surface area contributed by atoms with Crippen molar-refractivity contribution in [3.05, 3.63) is 55.0 Å². The topological polar surface area (TPSA) is 58.4 Å². The molecule has 0 spiro atoms. The molecule has 30 heavy (non-hydrogen) atoms. The van der Waals surface area contributed by atoms with E-state index in [2.05, 4.69) is 39.8 Å². The maximum atomic E-state index is 5.75. The van der Waals surface area contributed by atoms with Crippen molar-refractivity contribution in [2.75, 3.05) is 13.2 Å². The third-order valence-electron chi connectivity index (χ3n) is 5.85. The molecule has 1 aliphatic rings. The number of ether oxygens (including phenoxy) is 1. The Morgan fingerprint density at radius 1 is 0.933 bits per heavy atom. The summed E-state index contributed by atoms with van der Waals surface area (Å²) >= 11 is 0. The van der Waals surface area contributed by atoms with Gasteiger partial charge in [-0.05, 0) is 36.6 Å². The van der Waals surface area contributed by atoms with Crippen LogP contribution in [-0.2, 0) is 16.7 Å². The molecule has 1 saturated carbocycles. The number of hydrogen-bond acceptors (Lipinski definition) is 5. The van der Waals surface area contributed by atoms with Gasteiger partial charge in [0.1, 0.15) is 6.61 Å². The van der Waals surface area contributed by atoms with Gasteiger partial charge in [-0.3, -0.25) is 4.98 Å². The molecule has 4 aromatic rings. The summed E-state index contributed by atoms with van der Waals surface area (Å²) in [6.45, 7) is 0.940. The number of fused-ring (bicyclic) bond motifs is 3. The molecule has 0 radical (unpaired) electrons. The van der Waals surface area contributed by atoms with Crippen molar-refractivity contribution in [1.29, 1.82) is 0 Å². The lowest BCUT2D eigenvalue weighted by Crippen LogP contribution is -2.13. The van der Waals surface area contributed by atoms with Gasteiger partial charge >= 0.3 is 0 Å². The Morgan fingerprint density at radius 3 is 2.63 bits per heavy atom. The van der Waals surface area contributed by atoms with Gasteiger partial charge in [-0.1, -0.05) is 25.0 Å². The highest BCUT2D eigenvalue weighted by Crippen LogP contribution is 2.31. The molecular formula is C24H25N3O3. The van der Waals surface area contributed by atoms with E-state index in [9.17, 15) is 0 Å². The van der Waals surface area contributed by atoms with E-state index in [4.69, 9.17) is 14.5 Å². The lowest BCUT2D eigenvalue weighted by molar-refractivity contribution is -0.220. The van der Waals surface area contributed by atoms with Crippen molar-refractivity contribution >= 4 is 21.8 Å². The first-order chi connectivity index (χ1) is 14.8. The Kier molecular flexibility index (Phi) is 5.34. The molecule has 0 unspecified atom stereocenters. The normalized spacial score (nSPS) is 14.7. The molecule has 3 heterocycles. The number of aromatic nitrogens is 3. The predicted octanol–water partition coefficient (Wildman–Crippen LogP) is 5.06. The molecule has 1 aromatic carbocycles. The molecular weight excluding hydrogens is 378 g/mol. The average molecular weight is 403 g/mol. The molecule has 0 aliphatic heterocycles. The number of aryl methyl sites for hydroxylation is 1. The van der Waals surface area contributed by atoms with Gasteiger partial charge < -0.3 is 14.2 Å². The summed E-state index contributed by atoms with van der Waals surface area (Å²) in [5, 5.41) is 2.36.